The van der Waals surface area contributed by atoms with E-state index in [2.05, 4.69) is 19.6 Å². The first kappa shape index (κ1) is 10.3. The number of hydrogen-bond acceptors (Lipinski definition) is 1. The van der Waals surface area contributed by atoms with Crippen molar-refractivity contribution >= 4 is 0 Å². The van der Waals surface area contributed by atoms with Gasteiger partial charge in [-0.1, -0.05) is 25.1 Å². The van der Waals surface area contributed by atoms with Gasteiger partial charge in [0.2, 0.25) is 0 Å². The van der Waals surface area contributed by atoms with Crippen LogP contribution in [0.1, 0.15) is 36.8 Å². The van der Waals surface area contributed by atoms with Crippen molar-refractivity contribution < 1.29 is 4.74 Å². The molecule has 0 spiro atoms. The number of hydrogen-bond donors (Lipinski definition) is 0. The standard InChI is InChI=1S/C14H17O/c1-4-10(2)12-6-5-7-13(15-3)14(12)11-8-9-11/h4-7,11H,1,8-9H2,2-3H3. The summed E-state index contributed by atoms with van der Waals surface area (Å²) in [6.45, 7) is 5.94. The molecule has 0 aromatic heterocycles. The first-order valence-electron chi connectivity index (χ1n) is 5.41. The predicted molar refractivity (Wildman–Crippen MR) is 63.2 cm³/mol. The summed E-state index contributed by atoms with van der Waals surface area (Å²) in [4.78, 5) is 0. The molecule has 1 aliphatic rings. The highest BCUT2D eigenvalue weighted by molar-refractivity contribution is 5.52. The third-order valence-electron chi connectivity index (χ3n) is 3.00. The largest absolute Gasteiger partial charge is 0.496 e. The van der Waals surface area contributed by atoms with E-state index in [0.717, 1.165) is 5.75 Å². The maximum atomic E-state index is 5.43. The summed E-state index contributed by atoms with van der Waals surface area (Å²) in [5, 5.41) is 0. The van der Waals surface area contributed by atoms with Crippen molar-refractivity contribution in [1.29, 1.82) is 0 Å². The van der Waals surface area contributed by atoms with Crippen molar-refractivity contribution in [3.05, 3.63) is 47.9 Å². The van der Waals surface area contributed by atoms with Crippen molar-refractivity contribution in [2.24, 2.45) is 0 Å². The minimum atomic E-state index is 0.700. The summed E-state index contributed by atoms with van der Waals surface area (Å²) in [6.07, 6.45) is 4.50. The van der Waals surface area contributed by atoms with Crippen LogP contribution < -0.4 is 4.74 Å². The molecule has 1 aliphatic carbocycles. The van der Waals surface area contributed by atoms with Crippen LogP contribution in [-0.2, 0) is 0 Å². The molecular weight excluding hydrogens is 184 g/mol. The minimum absolute atomic E-state index is 0.700. The van der Waals surface area contributed by atoms with Crippen LogP contribution in [0.25, 0.3) is 0 Å². The lowest BCUT2D eigenvalue weighted by Gasteiger charge is -2.15. The predicted octanol–water partition coefficient (Wildman–Crippen LogP) is 3.70. The second-order valence-electron chi connectivity index (χ2n) is 4.08. The van der Waals surface area contributed by atoms with Crippen LogP contribution in [0.5, 0.6) is 5.75 Å². The van der Waals surface area contributed by atoms with E-state index >= 15 is 0 Å². The zero-order chi connectivity index (χ0) is 10.8. The summed E-state index contributed by atoms with van der Waals surface area (Å²) < 4.78 is 5.43. The van der Waals surface area contributed by atoms with Crippen LogP contribution in [0.2, 0.25) is 0 Å². The van der Waals surface area contributed by atoms with Gasteiger partial charge < -0.3 is 4.74 Å². The molecule has 0 unspecified atom stereocenters. The Morgan fingerprint density at radius 1 is 1.47 bits per heavy atom. The fourth-order valence-corrected chi connectivity index (χ4v) is 1.97. The van der Waals surface area contributed by atoms with Crippen molar-refractivity contribution in [2.75, 3.05) is 7.11 Å². The molecule has 0 amide bonds. The number of methoxy groups -OCH3 is 1. The molecule has 1 aromatic rings. The van der Waals surface area contributed by atoms with Crippen LogP contribution in [-0.4, -0.2) is 7.11 Å². The summed E-state index contributed by atoms with van der Waals surface area (Å²) >= 11 is 0. The second-order valence-corrected chi connectivity index (χ2v) is 4.08. The molecule has 1 saturated carbocycles. The fraction of sp³-hybridized carbons (Fsp3) is 0.357. The van der Waals surface area contributed by atoms with Gasteiger partial charge in [0.15, 0.2) is 0 Å². The van der Waals surface area contributed by atoms with Crippen molar-refractivity contribution in [3.8, 4) is 5.75 Å². The van der Waals surface area contributed by atoms with Crippen LogP contribution in [0.15, 0.2) is 30.9 Å². The van der Waals surface area contributed by atoms with Crippen LogP contribution in [0.3, 0.4) is 0 Å². The Hall–Kier alpha value is -1.24. The topological polar surface area (TPSA) is 9.23 Å². The molecule has 0 atom stereocenters. The van der Waals surface area contributed by atoms with Gasteiger partial charge in [-0.2, -0.15) is 0 Å². The van der Waals surface area contributed by atoms with Gasteiger partial charge in [0.1, 0.15) is 5.75 Å². The fourth-order valence-electron chi connectivity index (χ4n) is 1.97. The molecular formula is C14H17O. The Labute approximate surface area is 91.8 Å². The monoisotopic (exact) mass is 201 g/mol. The van der Waals surface area contributed by atoms with Gasteiger partial charge in [-0.05, 0) is 30.4 Å². The van der Waals surface area contributed by atoms with E-state index in [1.165, 1.54) is 29.9 Å². The molecule has 0 saturated heterocycles. The molecule has 15 heavy (non-hydrogen) atoms. The van der Waals surface area contributed by atoms with E-state index in [1.807, 2.05) is 18.2 Å². The highest BCUT2D eigenvalue weighted by atomic mass is 16.5. The van der Waals surface area contributed by atoms with Crippen molar-refractivity contribution in [2.45, 2.75) is 25.7 Å². The molecule has 1 heteroatoms. The van der Waals surface area contributed by atoms with E-state index in [4.69, 9.17) is 4.74 Å². The van der Waals surface area contributed by atoms with Gasteiger partial charge in [0, 0.05) is 11.5 Å². The maximum absolute atomic E-state index is 5.43. The average Bonchev–Trinajstić information content (AvgIpc) is 3.10. The smallest absolute Gasteiger partial charge is 0.122 e. The Balaban J connectivity index is 2.47. The summed E-state index contributed by atoms with van der Waals surface area (Å²) in [5.74, 6) is 2.96. The van der Waals surface area contributed by atoms with Crippen molar-refractivity contribution in [3.63, 3.8) is 0 Å². The van der Waals surface area contributed by atoms with E-state index in [9.17, 15) is 0 Å². The van der Waals surface area contributed by atoms with Gasteiger partial charge in [-0.3, -0.25) is 0 Å². The summed E-state index contributed by atoms with van der Waals surface area (Å²) in [5.41, 5.74) is 2.67. The molecule has 0 heterocycles. The normalized spacial score (nSPS) is 15.4. The quantitative estimate of drug-likeness (QED) is 0.721. The minimum Gasteiger partial charge on any atom is -0.496 e. The zero-order valence-corrected chi connectivity index (χ0v) is 9.42. The van der Waals surface area contributed by atoms with Gasteiger partial charge in [0.25, 0.3) is 0 Å². The van der Waals surface area contributed by atoms with Crippen molar-refractivity contribution in [1.82, 2.24) is 0 Å². The molecule has 1 fully saturated rings. The Kier molecular flexibility index (Phi) is 2.81. The highest BCUT2D eigenvalue weighted by Gasteiger charge is 2.30. The zero-order valence-electron chi connectivity index (χ0n) is 9.42. The lowest BCUT2D eigenvalue weighted by atomic mass is 9.92. The molecule has 0 N–H and O–H groups in total. The molecule has 2 rings (SSSR count). The van der Waals surface area contributed by atoms with E-state index in [-0.39, 0.29) is 0 Å². The SMILES string of the molecule is C=C[C](C)c1cccc(OC)c1C1CC1. The number of benzene rings is 1. The van der Waals surface area contributed by atoms with E-state index < -0.39 is 0 Å². The first-order chi connectivity index (χ1) is 7.27. The Morgan fingerprint density at radius 2 is 2.20 bits per heavy atom. The first-order valence-corrected chi connectivity index (χ1v) is 5.41. The van der Waals surface area contributed by atoms with E-state index in [0.29, 0.717) is 5.92 Å². The summed E-state index contributed by atoms with van der Waals surface area (Å²) in [7, 11) is 1.74. The Bertz CT molecular complexity index is 364. The second kappa shape index (κ2) is 4.09. The molecule has 1 aromatic carbocycles. The Morgan fingerprint density at radius 3 is 2.73 bits per heavy atom. The van der Waals surface area contributed by atoms with Crippen LogP contribution >= 0.6 is 0 Å². The van der Waals surface area contributed by atoms with Gasteiger partial charge in [-0.15, -0.1) is 6.58 Å². The van der Waals surface area contributed by atoms with E-state index in [1.54, 1.807) is 7.11 Å². The molecule has 0 aliphatic heterocycles. The van der Waals surface area contributed by atoms with Crippen LogP contribution in [0.4, 0.5) is 0 Å². The molecule has 1 radical (unpaired) electrons. The molecule has 0 bridgehead atoms. The number of allylic oxidation sites excluding steroid dienone is 1. The molecule has 79 valence electrons. The van der Waals surface area contributed by atoms with Gasteiger partial charge in [-0.25, -0.2) is 0 Å². The maximum Gasteiger partial charge on any atom is 0.122 e. The van der Waals surface area contributed by atoms with Crippen LogP contribution in [0, 0.1) is 5.92 Å². The number of ether oxygens (including phenoxy) is 1. The molecule has 1 nitrogen and oxygen atoms in total. The number of rotatable bonds is 4. The average molecular weight is 201 g/mol. The highest BCUT2D eigenvalue weighted by Crippen LogP contribution is 2.47. The van der Waals surface area contributed by atoms with Gasteiger partial charge in [0.05, 0.1) is 7.11 Å². The lowest BCUT2D eigenvalue weighted by Crippen LogP contribution is -1.99. The third-order valence-corrected chi connectivity index (χ3v) is 3.00. The third kappa shape index (κ3) is 1.92. The lowest BCUT2D eigenvalue weighted by molar-refractivity contribution is 0.409. The van der Waals surface area contributed by atoms with Gasteiger partial charge >= 0.3 is 0 Å². The summed E-state index contributed by atoms with van der Waals surface area (Å²) in [6, 6.07) is 6.26.